The fraction of sp³-hybridized carbons (Fsp3) is 0.214. The van der Waals surface area contributed by atoms with Gasteiger partial charge in [-0.3, -0.25) is 4.79 Å². The van der Waals surface area contributed by atoms with Crippen LogP contribution in [0.2, 0.25) is 0 Å². The maximum absolute atomic E-state index is 11.7. The number of ether oxygens (including phenoxy) is 2. The van der Waals surface area contributed by atoms with E-state index in [2.05, 4.69) is 9.72 Å². The molecule has 0 bridgehead atoms. The van der Waals surface area contributed by atoms with Gasteiger partial charge in [0.1, 0.15) is 11.4 Å². The van der Waals surface area contributed by atoms with Crippen LogP contribution in [0.4, 0.5) is 0 Å². The molecule has 6 nitrogen and oxygen atoms in total. The normalized spacial score (nSPS) is 10.1. The Balaban J connectivity index is 2.30. The highest BCUT2D eigenvalue weighted by Gasteiger charge is 2.19. The van der Waals surface area contributed by atoms with Crippen molar-refractivity contribution in [3.63, 3.8) is 0 Å². The van der Waals surface area contributed by atoms with Gasteiger partial charge >= 0.3 is 5.97 Å². The SMILES string of the molecule is COC(=O)c1c(C=O)ncn1Cc1ccc(OC)cc1. The quantitative estimate of drug-likeness (QED) is 0.611. The molecule has 0 aliphatic carbocycles. The molecule has 0 spiro atoms. The highest BCUT2D eigenvalue weighted by atomic mass is 16.5. The summed E-state index contributed by atoms with van der Waals surface area (Å²) in [5, 5.41) is 0. The van der Waals surface area contributed by atoms with E-state index in [1.165, 1.54) is 13.4 Å². The highest BCUT2D eigenvalue weighted by molar-refractivity contribution is 5.95. The van der Waals surface area contributed by atoms with Gasteiger partial charge in [0.05, 0.1) is 20.5 Å². The molecule has 0 unspecified atom stereocenters. The van der Waals surface area contributed by atoms with Crippen LogP contribution >= 0.6 is 0 Å². The molecule has 1 aromatic heterocycles. The van der Waals surface area contributed by atoms with E-state index in [4.69, 9.17) is 4.74 Å². The lowest BCUT2D eigenvalue weighted by atomic mass is 10.2. The van der Waals surface area contributed by atoms with Crippen LogP contribution in [-0.2, 0) is 11.3 Å². The first-order chi connectivity index (χ1) is 9.69. The second kappa shape index (κ2) is 6.01. The Labute approximate surface area is 116 Å². The summed E-state index contributed by atoms with van der Waals surface area (Å²) in [6.45, 7) is 0.412. The van der Waals surface area contributed by atoms with Gasteiger partial charge in [0.15, 0.2) is 12.0 Å². The summed E-state index contributed by atoms with van der Waals surface area (Å²) < 4.78 is 11.3. The fourth-order valence-corrected chi connectivity index (χ4v) is 1.85. The summed E-state index contributed by atoms with van der Waals surface area (Å²) in [7, 11) is 2.86. The van der Waals surface area contributed by atoms with E-state index in [0.29, 0.717) is 12.8 Å². The van der Waals surface area contributed by atoms with Crippen molar-refractivity contribution in [2.24, 2.45) is 0 Å². The van der Waals surface area contributed by atoms with E-state index in [1.54, 1.807) is 11.7 Å². The first-order valence-electron chi connectivity index (χ1n) is 5.91. The molecule has 20 heavy (non-hydrogen) atoms. The van der Waals surface area contributed by atoms with Crippen LogP contribution in [0.15, 0.2) is 30.6 Å². The first-order valence-corrected chi connectivity index (χ1v) is 5.91. The molecule has 0 amide bonds. The number of aromatic nitrogens is 2. The predicted molar refractivity (Wildman–Crippen MR) is 71.1 cm³/mol. The van der Waals surface area contributed by atoms with E-state index in [9.17, 15) is 9.59 Å². The second-order valence-corrected chi connectivity index (χ2v) is 4.06. The van der Waals surface area contributed by atoms with Crippen LogP contribution in [0.25, 0.3) is 0 Å². The summed E-state index contributed by atoms with van der Waals surface area (Å²) in [4.78, 5) is 26.5. The van der Waals surface area contributed by atoms with Crippen LogP contribution in [0.3, 0.4) is 0 Å². The largest absolute Gasteiger partial charge is 0.497 e. The summed E-state index contributed by atoms with van der Waals surface area (Å²) in [5.41, 5.74) is 1.18. The van der Waals surface area contributed by atoms with Crippen LogP contribution in [0.5, 0.6) is 5.75 Å². The smallest absolute Gasteiger partial charge is 0.357 e. The van der Waals surface area contributed by atoms with Crippen molar-refractivity contribution in [2.45, 2.75) is 6.54 Å². The van der Waals surface area contributed by atoms with E-state index >= 15 is 0 Å². The number of rotatable bonds is 5. The molecule has 0 fully saturated rings. The van der Waals surface area contributed by atoms with Crippen molar-refractivity contribution < 1.29 is 19.1 Å². The topological polar surface area (TPSA) is 70.4 Å². The van der Waals surface area contributed by atoms with Crippen LogP contribution in [0.1, 0.15) is 26.5 Å². The van der Waals surface area contributed by atoms with E-state index in [1.807, 2.05) is 24.3 Å². The molecular weight excluding hydrogens is 260 g/mol. The summed E-state index contributed by atoms with van der Waals surface area (Å²) >= 11 is 0. The van der Waals surface area contributed by atoms with Gasteiger partial charge in [-0.05, 0) is 17.7 Å². The number of aldehydes is 1. The number of methoxy groups -OCH3 is 2. The number of imidazole rings is 1. The Morgan fingerprint density at radius 3 is 2.55 bits per heavy atom. The van der Waals surface area contributed by atoms with Crippen LogP contribution in [0, 0.1) is 0 Å². The molecular formula is C14H14N2O4. The third-order valence-electron chi connectivity index (χ3n) is 2.87. The lowest BCUT2D eigenvalue weighted by molar-refractivity contribution is 0.0586. The summed E-state index contributed by atoms with van der Waals surface area (Å²) in [6, 6.07) is 7.40. The lowest BCUT2D eigenvalue weighted by Gasteiger charge is -2.08. The standard InChI is InChI=1S/C14H14N2O4/c1-19-11-5-3-10(4-6-11)7-16-9-15-12(8-17)13(16)14(18)20-2/h3-6,8-9H,7H2,1-2H3. The van der Waals surface area contributed by atoms with E-state index in [-0.39, 0.29) is 11.4 Å². The lowest BCUT2D eigenvalue weighted by Crippen LogP contribution is -2.13. The molecule has 1 heterocycles. The number of carbonyl (C=O) groups is 2. The molecule has 0 saturated carbocycles. The number of hydrogen-bond acceptors (Lipinski definition) is 5. The zero-order valence-electron chi connectivity index (χ0n) is 11.2. The number of benzene rings is 1. The highest BCUT2D eigenvalue weighted by Crippen LogP contribution is 2.14. The first kappa shape index (κ1) is 13.8. The average molecular weight is 274 g/mol. The molecule has 0 saturated heterocycles. The van der Waals surface area contributed by atoms with E-state index in [0.717, 1.165) is 11.3 Å². The Morgan fingerprint density at radius 1 is 1.30 bits per heavy atom. The third kappa shape index (κ3) is 2.69. The van der Waals surface area contributed by atoms with Crippen molar-refractivity contribution in [3.8, 4) is 5.75 Å². The van der Waals surface area contributed by atoms with Crippen molar-refractivity contribution in [1.29, 1.82) is 0 Å². The minimum atomic E-state index is -0.585. The Bertz CT molecular complexity index is 617. The zero-order valence-corrected chi connectivity index (χ0v) is 11.2. The average Bonchev–Trinajstić information content (AvgIpc) is 2.90. The summed E-state index contributed by atoms with van der Waals surface area (Å²) in [6.07, 6.45) is 1.98. The Hall–Kier alpha value is -2.63. The van der Waals surface area contributed by atoms with Crippen LogP contribution in [-0.4, -0.2) is 36.0 Å². The molecule has 0 aliphatic rings. The monoisotopic (exact) mass is 274 g/mol. The molecule has 0 radical (unpaired) electrons. The van der Waals surface area contributed by atoms with Gasteiger partial charge in [0.2, 0.25) is 0 Å². The van der Waals surface area contributed by atoms with E-state index < -0.39 is 5.97 Å². The van der Waals surface area contributed by atoms with Gasteiger partial charge in [0.25, 0.3) is 0 Å². The zero-order chi connectivity index (χ0) is 14.5. The fourth-order valence-electron chi connectivity index (χ4n) is 1.85. The predicted octanol–water partition coefficient (Wildman–Crippen LogP) is 1.54. The second-order valence-electron chi connectivity index (χ2n) is 4.06. The van der Waals surface area contributed by atoms with Crippen molar-refractivity contribution in [3.05, 3.63) is 47.5 Å². The molecule has 104 valence electrons. The molecule has 6 heteroatoms. The maximum Gasteiger partial charge on any atom is 0.357 e. The van der Waals surface area contributed by atoms with Gasteiger partial charge in [-0.2, -0.15) is 0 Å². The molecule has 0 aliphatic heterocycles. The van der Waals surface area contributed by atoms with Crippen molar-refractivity contribution in [1.82, 2.24) is 9.55 Å². The minimum absolute atomic E-state index is 0.0744. The Kier molecular flexibility index (Phi) is 4.14. The third-order valence-corrected chi connectivity index (χ3v) is 2.87. The molecule has 0 atom stereocenters. The van der Waals surface area contributed by atoms with Crippen molar-refractivity contribution >= 4 is 12.3 Å². The minimum Gasteiger partial charge on any atom is -0.497 e. The van der Waals surface area contributed by atoms with Crippen molar-refractivity contribution in [2.75, 3.05) is 14.2 Å². The van der Waals surface area contributed by atoms with Gasteiger partial charge in [-0.25, -0.2) is 9.78 Å². The molecule has 1 aromatic carbocycles. The van der Waals surface area contributed by atoms with Gasteiger partial charge in [-0.1, -0.05) is 12.1 Å². The van der Waals surface area contributed by atoms with Crippen LogP contribution < -0.4 is 4.74 Å². The van der Waals surface area contributed by atoms with Gasteiger partial charge in [0, 0.05) is 6.54 Å². The number of nitrogens with zero attached hydrogens (tertiary/aromatic N) is 2. The summed E-state index contributed by atoms with van der Waals surface area (Å²) in [5.74, 6) is 0.166. The molecule has 2 aromatic rings. The Morgan fingerprint density at radius 2 is 2.00 bits per heavy atom. The molecule has 0 N–H and O–H groups in total. The van der Waals surface area contributed by atoms with Gasteiger partial charge in [-0.15, -0.1) is 0 Å². The van der Waals surface area contributed by atoms with Gasteiger partial charge < -0.3 is 14.0 Å². The number of hydrogen-bond donors (Lipinski definition) is 0. The number of carbonyl (C=O) groups excluding carboxylic acids is 2. The number of esters is 1. The maximum atomic E-state index is 11.7. The molecule has 2 rings (SSSR count).